The van der Waals surface area contributed by atoms with Crippen molar-refractivity contribution in [2.45, 2.75) is 26.2 Å². The van der Waals surface area contributed by atoms with Crippen LogP contribution in [0.25, 0.3) is 0 Å². The number of carbonyl (C=O) groups is 2. The average molecular weight is 313 g/mol. The molecular formula is C14H25N4O2S+. The molecule has 6 nitrogen and oxygen atoms in total. The summed E-state index contributed by atoms with van der Waals surface area (Å²) in [5.74, 6) is -1.49. The highest BCUT2D eigenvalue weighted by atomic mass is 32.1. The summed E-state index contributed by atoms with van der Waals surface area (Å²) in [6.07, 6.45) is 4.21. The molecule has 0 aromatic carbocycles. The van der Waals surface area contributed by atoms with Gasteiger partial charge in [0.2, 0.25) is 11.8 Å². The zero-order chi connectivity index (χ0) is 15.8. The lowest BCUT2D eigenvalue weighted by atomic mass is 10.1. The molecule has 1 atom stereocenters. The Bertz CT molecular complexity index is 423. The Morgan fingerprint density at radius 1 is 1.38 bits per heavy atom. The zero-order valence-corrected chi connectivity index (χ0v) is 13.8. The topological polar surface area (TPSA) is 66.2 Å². The van der Waals surface area contributed by atoms with Crippen LogP contribution in [0, 0.1) is 5.92 Å². The Morgan fingerprint density at radius 2 is 2.10 bits per heavy atom. The molecule has 0 aromatic rings. The molecule has 0 radical (unpaired) electrons. The molecule has 0 aliphatic carbocycles. The van der Waals surface area contributed by atoms with E-state index in [2.05, 4.69) is 24.4 Å². The molecule has 7 heteroatoms. The van der Waals surface area contributed by atoms with Gasteiger partial charge >= 0.3 is 0 Å². The lowest BCUT2D eigenvalue weighted by Crippen LogP contribution is -3.05. The molecule has 1 aliphatic heterocycles. The van der Waals surface area contributed by atoms with Gasteiger partial charge in [0.05, 0.1) is 20.6 Å². The summed E-state index contributed by atoms with van der Waals surface area (Å²) in [6.45, 7) is 4.22. The Morgan fingerprint density at radius 3 is 2.71 bits per heavy atom. The molecular weight excluding hydrogens is 288 g/mol. The van der Waals surface area contributed by atoms with Gasteiger partial charge < -0.3 is 10.2 Å². The van der Waals surface area contributed by atoms with Crippen LogP contribution in [-0.2, 0) is 9.59 Å². The first-order chi connectivity index (χ1) is 9.97. The van der Waals surface area contributed by atoms with Gasteiger partial charge in [-0.1, -0.05) is 13.3 Å². The number of thiocarbonyl (C=S) groups is 1. The maximum absolute atomic E-state index is 12.3. The molecule has 0 bridgehead atoms. The Balaban J connectivity index is 2.58. The number of amides is 2. The molecule has 1 rings (SSSR count). The van der Waals surface area contributed by atoms with E-state index in [4.69, 9.17) is 12.2 Å². The largest absolute Gasteiger partial charge is 0.340 e. The summed E-state index contributed by atoms with van der Waals surface area (Å²) in [6, 6.07) is 0. The molecule has 21 heavy (non-hydrogen) atoms. The predicted octanol–water partition coefficient (Wildman–Crippen LogP) is -0.749. The Labute approximate surface area is 131 Å². The van der Waals surface area contributed by atoms with Crippen LogP contribution >= 0.6 is 12.2 Å². The van der Waals surface area contributed by atoms with Crippen molar-refractivity contribution in [2.24, 2.45) is 10.9 Å². The number of aliphatic imine (C=N–C) groups is 1. The van der Waals surface area contributed by atoms with Crippen LogP contribution in [0.4, 0.5) is 0 Å². The molecule has 1 heterocycles. The second kappa shape index (κ2) is 8.84. The third-order valence-corrected chi connectivity index (χ3v) is 3.57. The first-order valence-corrected chi connectivity index (χ1v) is 7.83. The normalized spacial score (nSPS) is 19.7. The number of rotatable bonds is 8. The van der Waals surface area contributed by atoms with E-state index in [-0.39, 0.29) is 16.9 Å². The first kappa shape index (κ1) is 17.7. The molecule has 2 amide bonds. The third-order valence-electron chi connectivity index (χ3n) is 3.24. The number of quaternary nitrogens is 1. The average Bonchev–Trinajstić information content (AvgIpc) is 2.41. The molecule has 2 N–H and O–H groups in total. The van der Waals surface area contributed by atoms with Crippen molar-refractivity contribution in [3.05, 3.63) is 0 Å². The van der Waals surface area contributed by atoms with Crippen LogP contribution in [0.3, 0.4) is 0 Å². The minimum atomic E-state index is -0.847. The summed E-state index contributed by atoms with van der Waals surface area (Å²) >= 11 is 5.06. The number of carbonyl (C=O) groups excluding carboxylic acids is 2. The number of nitrogens with one attached hydrogen (secondary N) is 2. The van der Waals surface area contributed by atoms with Crippen LogP contribution in [0.5, 0.6) is 0 Å². The number of hydrogen-bond donors (Lipinski definition) is 2. The van der Waals surface area contributed by atoms with Gasteiger partial charge in [-0.05, 0) is 18.6 Å². The van der Waals surface area contributed by atoms with E-state index in [0.717, 1.165) is 25.8 Å². The SMILES string of the molecule is CCCCN1C(=O)[C@H](C=NCCC[NH+](C)C)C(=O)NC1=S. The minimum absolute atomic E-state index is 0.208. The van der Waals surface area contributed by atoms with Gasteiger partial charge in [-0.15, -0.1) is 0 Å². The van der Waals surface area contributed by atoms with Gasteiger partial charge in [-0.2, -0.15) is 0 Å². The highest BCUT2D eigenvalue weighted by Gasteiger charge is 2.36. The fourth-order valence-electron chi connectivity index (χ4n) is 1.99. The molecule has 1 fully saturated rings. The molecule has 0 aromatic heterocycles. The quantitative estimate of drug-likeness (QED) is 0.268. The van der Waals surface area contributed by atoms with E-state index in [1.807, 2.05) is 6.92 Å². The predicted molar refractivity (Wildman–Crippen MR) is 86.5 cm³/mol. The van der Waals surface area contributed by atoms with Gasteiger partial charge in [-0.25, -0.2) is 0 Å². The second-order valence-electron chi connectivity index (χ2n) is 5.48. The molecule has 0 spiro atoms. The molecule has 1 aliphatic rings. The maximum atomic E-state index is 12.3. The van der Waals surface area contributed by atoms with E-state index >= 15 is 0 Å². The Kier molecular flexibility index (Phi) is 7.45. The van der Waals surface area contributed by atoms with E-state index in [1.165, 1.54) is 16.0 Å². The smallest absolute Gasteiger partial charge is 0.246 e. The van der Waals surface area contributed by atoms with Gasteiger partial charge in [0.15, 0.2) is 11.0 Å². The Hall–Kier alpha value is -1.34. The second-order valence-corrected chi connectivity index (χ2v) is 5.87. The molecule has 0 unspecified atom stereocenters. The molecule has 118 valence electrons. The van der Waals surface area contributed by atoms with Crippen LogP contribution in [-0.4, -0.2) is 61.8 Å². The zero-order valence-electron chi connectivity index (χ0n) is 13.0. The van der Waals surface area contributed by atoms with E-state index < -0.39 is 5.92 Å². The summed E-state index contributed by atoms with van der Waals surface area (Å²) in [5.41, 5.74) is 0. The van der Waals surface area contributed by atoms with Gasteiger partial charge in [0.25, 0.3) is 0 Å². The standard InChI is InChI=1S/C14H24N4O2S/c1-4-5-9-18-13(20)11(12(19)16-14(18)21)10-15-7-6-8-17(2)3/h10-11H,4-9H2,1-3H3,(H,16,19,21)/p+1/t11-/m1/s1. The summed E-state index contributed by atoms with van der Waals surface area (Å²) in [4.78, 5) is 31.2. The van der Waals surface area contributed by atoms with Gasteiger partial charge in [0.1, 0.15) is 0 Å². The van der Waals surface area contributed by atoms with Crippen molar-refractivity contribution >= 4 is 35.4 Å². The maximum Gasteiger partial charge on any atom is 0.246 e. The van der Waals surface area contributed by atoms with Gasteiger partial charge in [0, 0.05) is 25.7 Å². The summed E-state index contributed by atoms with van der Waals surface area (Å²) in [7, 11) is 4.16. The molecule has 0 saturated carbocycles. The summed E-state index contributed by atoms with van der Waals surface area (Å²) < 4.78 is 0. The highest BCUT2D eigenvalue weighted by molar-refractivity contribution is 7.80. The number of hydrogen-bond acceptors (Lipinski definition) is 4. The monoisotopic (exact) mass is 313 g/mol. The molecule has 1 saturated heterocycles. The van der Waals surface area contributed by atoms with Crippen LogP contribution < -0.4 is 10.2 Å². The van der Waals surface area contributed by atoms with Crippen molar-refractivity contribution in [3.63, 3.8) is 0 Å². The van der Waals surface area contributed by atoms with Gasteiger partial charge in [-0.3, -0.25) is 19.5 Å². The number of unbranched alkanes of at least 4 members (excludes halogenated alkanes) is 1. The minimum Gasteiger partial charge on any atom is -0.340 e. The van der Waals surface area contributed by atoms with Crippen molar-refractivity contribution in [1.29, 1.82) is 0 Å². The van der Waals surface area contributed by atoms with E-state index in [9.17, 15) is 9.59 Å². The van der Waals surface area contributed by atoms with Crippen LogP contribution in [0.15, 0.2) is 4.99 Å². The van der Waals surface area contributed by atoms with E-state index in [0.29, 0.717) is 13.1 Å². The van der Waals surface area contributed by atoms with Crippen LogP contribution in [0.1, 0.15) is 26.2 Å². The van der Waals surface area contributed by atoms with Crippen molar-refractivity contribution < 1.29 is 14.5 Å². The number of nitrogens with zero attached hydrogens (tertiary/aromatic N) is 2. The van der Waals surface area contributed by atoms with Crippen LogP contribution in [0.2, 0.25) is 0 Å². The lowest BCUT2D eigenvalue weighted by molar-refractivity contribution is -0.858. The van der Waals surface area contributed by atoms with Crippen molar-refractivity contribution in [3.8, 4) is 0 Å². The summed E-state index contributed by atoms with van der Waals surface area (Å²) in [5, 5.41) is 2.79. The fraction of sp³-hybridized carbons (Fsp3) is 0.714. The van der Waals surface area contributed by atoms with Crippen molar-refractivity contribution in [2.75, 3.05) is 33.7 Å². The first-order valence-electron chi connectivity index (χ1n) is 7.42. The lowest BCUT2D eigenvalue weighted by Gasteiger charge is -2.30. The third kappa shape index (κ3) is 5.51. The van der Waals surface area contributed by atoms with E-state index in [1.54, 1.807) is 0 Å². The highest BCUT2D eigenvalue weighted by Crippen LogP contribution is 2.10. The van der Waals surface area contributed by atoms with Crippen molar-refractivity contribution in [1.82, 2.24) is 10.2 Å². The fourth-order valence-corrected chi connectivity index (χ4v) is 2.28.